The van der Waals surface area contributed by atoms with E-state index in [9.17, 15) is 4.79 Å². The quantitative estimate of drug-likeness (QED) is 0.872. The smallest absolute Gasteiger partial charge is 0.269 e. The lowest BCUT2D eigenvalue weighted by Gasteiger charge is -2.35. The maximum atomic E-state index is 11.8. The van der Waals surface area contributed by atoms with Crippen LogP contribution in [0.15, 0.2) is 18.3 Å². The van der Waals surface area contributed by atoms with Crippen molar-refractivity contribution in [2.24, 2.45) is 11.7 Å². The molecule has 0 radical (unpaired) electrons. The van der Waals surface area contributed by atoms with Crippen LogP contribution in [0.3, 0.4) is 0 Å². The first-order valence-corrected chi connectivity index (χ1v) is 7.36. The molecule has 1 fully saturated rings. The Kier molecular flexibility index (Phi) is 4.95. The molecule has 1 unspecified atom stereocenters. The Morgan fingerprint density at radius 2 is 2.25 bits per heavy atom. The van der Waals surface area contributed by atoms with Crippen LogP contribution in [-0.2, 0) is 0 Å². The molecule has 1 atom stereocenters. The normalized spacial score (nSPS) is 17.9. The number of rotatable bonds is 4. The number of nitrogens with zero attached hydrogens (tertiary/aromatic N) is 2. The van der Waals surface area contributed by atoms with Gasteiger partial charge in [-0.05, 0) is 44.7 Å². The molecule has 110 valence electrons. The number of nitrogens with two attached hydrogens (primary N) is 1. The van der Waals surface area contributed by atoms with Gasteiger partial charge < -0.3 is 16.0 Å². The zero-order valence-corrected chi connectivity index (χ0v) is 12.3. The van der Waals surface area contributed by atoms with Gasteiger partial charge in [0.1, 0.15) is 5.69 Å². The molecule has 0 saturated carbocycles. The molecule has 1 aromatic heterocycles. The minimum atomic E-state index is -0.111. The van der Waals surface area contributed by atoms with E-state index in [-0.39, 0.29) is 11.9 Å². The molecule has 1 aliphatic heterocycles. The van der Waals surface area contributed by atoms with Gasteiger partial charge in [0.15, 0.2) is 0 Å². The van der Waals surface area contributed by atoms with Crippen LogP contribution in [0.25, 0.3) is 0 Å². The average Bonchev–Trinajstić information content (AvgIpc) is 2.48. The van der Waals surface area contributed by atoms with Crippen molar-refractivity contribution in [2.75, 3.05) is 24.5 Å². The molecule has 2 heterocycles. The van der Waals surface area contributed by atoms with Crippen LogP contribution >= 0.6 is 0 Å². The number of nitrogens with one attached hydrogen (secondary N) is 1. The number of carbonyl (C=O) groups is 1. The van der Waals surface area contributed by atoms with Gasteiger partial charge in [0.2, 0.25) is 0 Å². The van der Waals surface area contributed by atoms with Crippen LogP contribution in [0, 0.1) is 5.92 Å². The van der Waals surface area contributed by atoms with Gasteiger partial charge >= 0.3 is 0 Å². The molecule has 0 bridgehead atoms. The predicted octanol–water partition coefficient (Wildman–Crippen LogP) is 1.39. The molecule has 2 rings (SSSR count). The number of amides is 1. The van der Waals surface area contributed by atoms with Gasteiger partial charge in [-0.2, -0.15) is 0 Å². The second-order valence-corrected chi connectivity index (χ2v) is 5.44. The summed E-state index contributed by atoms with van der Waals surface area (Å²) in [5.41, 5.74) is 7.53. The molecule has 20 heavy (non-hydrogen) atoms. The Bertz CT molecular complexity index is 453. The SMILES string of the molecule is CCNC(=O)c1cc(N2CCC(C(C)N)CC2)ccn1. The Hall–Kier alpha value is -1.62. The Labute approximate surface area is 120 Å². The lowest BCUT2D eigenvalue weighted by atomic mass is 9.91. The van der Waals surface area contributed by atoms with Crippen molar-refractivity contribution in [3.63, 3.8) is 0 Å². The standard InChI is InChI=1S/C15H24N4O/c1-3-17-15(20)14-10-13(4-7-18-14)19-8-5-12(6-9-19)11(2)16/h4,7,10-12H,3,5-6,8-9,16H2,1-2H3,(H,17,20). The van der Waals surface area contributed by atoms with Gasteiger partial charge in [-0.15, -0.1) is 0 Å². The molecule has 5 nitrogen and oxygen atoms in total. The molecule has 1 amide bonds. The summed E-state index contributed by atoms with van der Waals surface area (Å²) in [5.74, 6) is 0.496. The number of hydrogen-bond acceptors (Lipinski definition) is 4. The summed E-state index contributed by atoms with van der Waals surface area (Å²) in [6.07, 6.45) is 3.92. The van der Waals surface area contributed by atoms with Gasteiger partial charge in [-0.3, -0.25) is 9.78 Å². The largest absolute Gasteiger partial charge is 0.371 e. The summed E-state index contributed by atoms with van der Waals surface area (Å²) in [6, 6.07) is 4.10. The van der Waals surface area contributed by atoms with Crippen LogP contribution in [0.5, 0.6) is 0 Å². The minimum Gasteiger partial charge on any atom is -0.371 e. The van der Waals surface area contributed by atoms with Crippen molar-refractivity contribution in [1.29, 1.82) is 0 Å². The summed E-state index contributed by atoms with van der Waals surface area (Å²) in [5, 5.41) is 2.78. The van der Waals surface area contributed by atoms with Crippen molar-refractivity contribution in [1.82, 2.24) is 10.3 Å². The Morgan fingerprint density at radius 1 is 1.55 bits per heavy atom. The molecular formula is C15H24N4O. The van der Waals surface area contributed by atoms with Crippen molar-refractivity contribution in [3.05, 3.63) is 24.0 Å². The predicted molar refractivity (Wildman–Crippen MR) is 80.8 cm³/mol. The van der Waals surface area contributed by atoms with Crippen LogP contribution in [0.4, 0.5) is 5.69 Å². The van der Waals surface area contributed by atoms with E-state index >= 15 is 0 Å². The third-order valence-electron chi connectivity index (χ3n) is 3.96. The fraction of sp³-hybridized carbons (Fsp3) is 0.600. The van der Waals surface area contributed by atoms with Crippen LogP contribution in [0.1, 0.15) is 37.2 Å². The second kappa shape index (κ2) is 6.70. The van der Waals surface area contributed by atoms with Gasteiger partial charge in [-0.25, -0.2) is 0 Å². The van der Waals surface area contributed by atoms with E-state index in [1.54, 1.807) is 6.20 Å². The van der Waals surface area contributed by atoms with E-state index < -0.39 is 0 Å². The number of carbonyl (C=O) groups excluding carboxylic acids is 1. The molecular weight excluding hydrogens is 252 g/mol. The fourth-order valence-corrected chi connectivity index (χ4v) is 2.67. The molecule has 0 spiro atoms. The first kappa shape index (κ1) is 14.8. The van der Waals surface area contributed by atoms with Crippen molar-refractivity contribution in [3.8, 4) is 0 Å². The Balaban J connectivity index is 2.03. The lowest BCUT2D eigenvalue weighted by Crippen LogP contribution is -2.39. The van der Waals surface area contributed by atoms with E-state index in [2.05, 4.69) is 22.1 Å². The van der Waals surface area contributed by atoms with E-state index in [1.807, 2.05) is 19.1 Å². The zero-order chi connectivity index (χ0) is 14.5. The maximum absolute atomic E-state index is 11.8. The number of aromatic nitrogens is 1. The third-order valence-corrected chi connectivity index (χ3v) is 3.96. The molecule has 1 aliphatic rings. The van der Waals surface area contributed by atoms with E-state index in [1.165, 1.54) is 0 Å². The van der Waals surface area contributed by atoms with Gasteiger partial charge in [-0.1, -0.05) is 0 Å². The van der Waals surface area contributed by atoms with E-state index in [0.717, 1.165) is 31.6 Å². The summed E-state index contributed by atoms with van der Waals surface area (Å²) >= 11 is 0. The average molecular weight is 276 g/mol. The fourth-order valence-electron chi connectivity index (χ4n) is 2.67. The molecule has 3 N–H and O–H groups in total. The van der Waals surface area contributed by atoms with Crippen molar-refractivity contribution in [2.45, 2.75) is 32.7 Å². The highest BCUT2D eigenvalue weighted by atomic mass is 16.1. The molecule has 1 aromatic rings. The van der Waals surface area contributed by atoms with Gasteiger partial charge in [0.05, 0.1) is 0 Å². The van der Waals surface area contributed by atoms with Crippen LogP contribution < -0.4 is 16.0 Å². The first-order chi connectivity index (χ1) is 9.61. The highest BCUT2D eigenvalue weighted by Crippen LogP contribution is 2.24. The number of anilines is 1. The van der Waals surface area contributed by atoms with Crippen molar-refractivity contribution < 1.29 is 4.79 Å². The van der Waals surface area contributed by atoms with Crippen LogP contribution in [0.2, 0.25) is 0 Å². The molecule has 0 aliphatic carbocycles. The molecule has 5 heteroatoms. The zero-order valence-electron chi connectivity index (χ0n) is 12.3. The summed E-state index contributed by atoms with van der Waals surface area (Å²) in [7, 11) is 0. The minimum absolute atomic E-state index is 0.111. The monoisotopic (exact) mass is 276 g/mol. The van der Waals surface area contributed by atoms with Gasteiger partial charge in [0, 0.05) is 37.6 Å². The van der Waals surface area contributed by atoms with E-state index in [0.29, 0.717) is 18.2 Å². The van der Waals surface area contributed by atoms with Gasteiger partial charge in [0.25, 0.3) is 5.91 Å². The first-order valence-electron chi connectivity index (χ1n) is 7.36. The Morgan fingerprint density at radius 3 is 2.85 bits per heavy atom. The molecule has 1 saturated heterocycles. The topological polar surface area (TPSA) is 71.2 Å². The summed E-state index contributed by atoms with van der Waals surface area (Å²) in [4.78, 5) is 18.3. The second-order valence-electron chi connectivity index (χ2n) is 5.44. The summed E-state index contributed by atoms with van der Waals surface area (Å²) < 4.78 is 0. The molecule has 0 aromatic carbocycles. The highest BCUT2D eigenvalue weighted by molar-refractivity contribution is 5.93. The maximum Gasteiger partial charge on any atom is 0.269 e. The lowest BCUT2D eigenvalue weighted by molar-refractivity contribution is 0.0951. The van der Waals surface area contributed by atoms with Crippen LogP contribution in [-0.4, -0.2) is 36.6 Å². The third kappa shape index (κ3) is 3.48. The van der Waals surface area contributed by atoms with Crippen molar-refractivity contribution >= 4 is 11.6 Å². The highest BCUT2D eigenvalue weighted by Gasteiger charge is 2.22. The summed E-state index contributed by atoms with van der Waals surface area (Å²) in [6.45, 7) is 6.58. The number of pyridine rings is 1. The number of hydrogen-bond donors (Lipinski definition) is 2. The number of piperidine rings is 1. The van der Waals surface area contributed by atoms with E-state index in [4.69, 9.17) is 5.73 Å².